The van der Waals surface area contributed by atoms with Crippen molar-refractivity contribution < 1.29 is 9.53 Å². The van der Waals surface area contributed by atoms with Gasteiger partial charge >= 0.3 is 0 Å². The van der Waals surface area contributed by atoms with Gasteiger partial charge in [0.1, 0.15) is 12.4 Å². The standard InChI is InChI=1S/C23H31N3O2/c24-23(27)17-26(15-13-19-6-2-1-3-7-19)16-20-9-11-22(12-10-20)28-18-21-8-4-5-14-25-21/h4-5,8-12,14,19H,1-3,6-7,13,15-18H2,(H2,24,27). The Morgan fingerprint density at radius 1 is 1.11 bits per heavy atom. The van der Waals surface area contributed by atoms with Crippen LogP contribution in [-0.4, -0.2) is 28.9 Å². The zero-order chi connectivity index (χ0) is 19.6. The maximum Gasteiger partial charge on any atom is 0.231 e. The number of amides is 1. The van der Waals surface area contributed by atoms with Crippen molar-refractivity contribution in [1.29, 1.82) is 0 Å². The fraction of sp³-hybridized carbons (Fsp3) is 0.478. The number of nitrogens with two attached hydrogens (primary N) is 1. The predicted octanol–water partition coefficient (Wildman–Crippen LogP) is 3.92. The minimum absolute atomic E-state index is 0.265. The molecule has 5 nitrogen and oxygen atoms in total. The van der Waals surface area contributed by atoms with Crippen molar-refractivity contribution in [3.05, 3.63) is 59.9 Å². The van der Waals surface area contributed by atoms with E-state index in [2.05, 4.69) is 22.0 Å². The molecule has 0 radical (unpaired) electrons. The van der Waals surface area contributed by atoms with E-state index in [-0.39, 0.29) is 5.91 Å². The molecule has 0 spiro atoms. The number of aromatic nitrogens is 1. The first-order valence-corrected chi connectivity index (χ1v) is 10.3. The zero-order valence-electron chi connectivity index (χ0n) is 16.6. The second-order valence-electron chi connectivity index (χ2n) is 7.72. The molecule has 2 aromatic rings. The number of hydrogen-bond acceptors (Lipinski definition) is 4. The van der Waals surface area contributed by atoms with Crippen molar-refractivity contribution in [3.8, 4) is 5.75 Å². The lowest BCUT2D eigenvalue weighted by atomic mass is 9.87. The Balaban J connectivity index is 1.50. The smallest absolute Gasteiger partial charge is 0.231 e. The number of carbonyl (C=O) groups is 1. The molecule has 2 N–H and O–H groups in total. The molecule has 0 atom stereocenters. The SMILES string of the molecule is NC(=O)CN(CCC1CCCCC1)Cc1ccc(OCc2ccccn2)cc1. The van der Waals surface area contributed by atoms with E-state index in [9.17, 15) is 4.79 Å². The van der Waals surface area contributed by atoms with E-state index in [1.54, 1.807) is 6.20 Å². The van der Waals surface area contributed by atoms with Crippen LogP contribution in [0.15, 0.2) is 48.7 Å². The average molecular weight is 382 g/mol. The first-order valence-electron chi connectivity index (χ1n) is 10.3. The highest BCUT2D eigenvalue weighted by molar-refractivity contribution is 5.75. The van der Waals surface area contributed by atoms with E-state index >= 15 is 0 Å². The molecule has 0 saturated heterocycles. The molecule has 1 saturated carbocycles. The highest BCUT2D eigenvalue weighted by Crippen LogP contribution is 2.26. The van der Waals surface area contributed by atoms with Crippen molar-refractivity contribution in [3.63, 3.8) is 0 Å². The van der Waals surface area contributed by atoms with Crippen LogP contribution >= 0.6 is 0 Å². The van der Waals surface area contributed by atoms with Gasteiger partial charge in [-0.2, -0.15) is 0 Å². The summed E-state index contributed by atoms with van der Waals surface area (Å²) in [5, 5.41) is 0. The van der Waals surface area contributed by atoms with Crippen LogP contribution in [0.5, 0.6) is 5.75 Å². The highest BCUT2D eigenvalue weighted by atomic mass is 16.5. The normalized spacial score (nSPS) is 14.9. The first kappa shape index (κ1) is 20.3. The lowest BCUT2D eigenvalue weighted by Gasteiger charge is -2.26. The lowest BCUT2D eigenvalue weighted by Crippen LogP contribution is -2.35. The quantitative estimate of drug-likeness (QED) is 0.677. The Morgan fingerprint density at radius 3 is 2.57 bits per heavy atom. The van der Waals surface area contributed by atoms with Gasteiger partial charge in [-0.3, -0.25) is 14.7 Å². The molecular formula is C23H31N3O2. The van der Waals surface area contributed by atoms with Crippen LogP contribution in [0.25, 0.3) is 0 Å². The van der Waals surface area contributed by atoms with Gasteiger partial charge in [-0.05, 0) is 48.7 Å². The van der Waals surface area contributed by atoms with Gasteiger partial charge in [0.25, 0.3) is 0 Å². The summed E-state index contributed by atoms with van der Waals surface area (Å²) in [6, 6.07) is 13.9. The minimum atomic E-state index is -0.265. The molecule has 0 unspecified atom stereocenters. The fourth-order valence-corrected chi connectivity index (χ4v) is 3.87. The molecule has 0 aliphatic heterocycles. The van der Waals surface area contributed by atoms with E-state index in [4.69, 9.17) is 10.5 Å². The second kappa shape index (κ2) is 10.8. The predicted molar refractivity (Wildman–Crippen MR) is 111 cm³/mol. The molecule has 150 valence electrons. The van der Waals surface area contributed by atoms with Gasteiger partial charge in [-0.25, -0.2) is 0 Å². The Hall–Kier alpha value is -2.40. The lowest BCUT2D eigenvalue weighted by molar-refractivity contribution is -0.119. The van der Waals surface area contributed by atoms with E-state index in [0.29, 0.717) is 13.2 Å². The van der Waals surface area contributed by atoms with Gasteiger partial charge in [-0.15, -0.1) is 0 Å². The van der Waals surface area contributed by atoms with Crippen LogP contribution in [0.1, 0.15) is 49.8 Å². The molecule has 1 fully saturated rings. The van der Waals surface area contributed by atoms with Crippen LogP contribution in [-0.2, 0) is 17.9 Å². The Kier molecular flexibility index (Phi) is 7.85. The van der Waals surface area contributed by atoms with Crippen molar-refractivity contribution >= 4 is 5.91 Å². The summed E-state index contributed by atoms with van der Waals surface area (Å²) < 4.78 is 5.79. The van der Waals surface area contributed by atoms with E-state index in [1.807, 2.05) is 30.3 Å². The Morgan fingerprint density at radius 2 is 1.89 bits per heavy atom. The fourth-order valence-electron chi connectivity index (χ4n) is 3.87. The average Bonchev–Trinajstić information content (AvgIpc) is 2.73. The number of primary amides is 1. The first-order chi connectivity index (χ1) is 13.7. The molecule has 1 aromatic heterocycles. The van der Waals surface area contributed by atoms with Crippen molar-refractivity contribution in [2.75, 3.05) is 13.1 Å². The van der Waals surface area contributed by atoms with Crippen LogP contribution < -0.4 is 10.5 Å². The van der Waals surface area contributed by atoms with E-state index in [0.717, 1.165) is 42.4 Å². The van der Waals surface area contributed by atoms with Gasteiger partial charge in [0.15, 0.2) is 0 Å². The van der Waals surface area contributed by atoms with Gasteiger partial charge < -0.3 is 10.5 Å². The summed E-state index contributed by atoms with van der Waals surface area (Å²) in [6.07, 6.45) is 9.64. The summed E-state index contributed by atoms with van der Waals surface area (Å²) in [4.78, 5) is 17.9. The zero-order valence-corrected chi connectivity index (χ0v) is 16.6. The van der Waals surface area contributed by atoms with Crippen LogP contribution in [0.4, 0.5) is 0 Å². The van der Waals surface area contributed by atoms with Crippen molar-refractivity contribution in [1.82, 2.24) is 9.88 Å². The van der Waals surface area contributed by atoms with Crippen LogP contribution in [0.2, 0.25) is 0 Å². The minimum Gasteiger partial charge on any atom is -0.487 e. The van der Waals surface area contributed by atoms with Crippen molar-refractivity contribution in [2.24, 2.45) is 11.7 Å². The molecule has 3 rings (SSSR count). The Bertz CT molecular complexity index is 712. The molecule has 28 heavy (non-hydrogen) atoms. The van der Waals surface area contributed by atoms with E-state index < -0.39 is 0 Å². The maximum atomic E-state index is 11.5. The topological polar surface area (TPSA) is 68.5 Å². The largest absolute Gasteiger partial charge is 0.487 e. The summed E-state index contributed by atoms with van der Waals surface area (Å²) >= 11 is 0. The third-order valence-electron chi connectivity index (χ3n) is 5.40. The molecule has 1 amide bonds. The van der Waals surface area contributed by atoms with Gasteiger partial charge in [-0.1, -0.05) is 50.3 Å². The van der Waals surface area contributed by atoms with Crippen LogP contribution in [0, 0.1) is 5.92 Å². The summed E-state index contributed by atoms with van der Waals surface area (Å²) in [5.41, 5.74) is 7.53. The molecular weight excluding hydrogens is 350 g/mol. The number of pyridine rings is 1. The molecule has 1 heterocycles. The second-order valence-corrected chi connectivity index (χ2v) is 7.72. The van der Waals surface area contributed by atoms with E-state index in [1.165, 1.54) is 32.1 Å². The Labute approximate surface area is 167 Å². The molecule has 5 heteroatoms. The molecule has 1 aliphatic rings. The molecule has 0 bridgehead atoms. The third kappa shape index (κ3) is 6.97. The summed E-state index contributed by atoms with van der Waals surface area (Å²) in [6.45, 7) is 2.42. The highest BCUT2D eigenvalue weighted by Gasteiger charge is 2.16. The van der Waals surface area contributed by atoms with Crippen LogP contribution in [0.3, 0.4) is 0 Å². The van der Waals surface area contributed by atoms with Gasteiger partial charge in [0.2, 0.25) is 5.91 Å². The monoisotopic (exact) mass is 381 g/mol. The summed E-state index contributed by atoms with van der Waals surface area (Å²) in [7, 11) is 0. The maximum absolute atomic E-state index is 11.5. The van der Waals surface area contributed by atoms with Gasteiger partial charge in [0, 0.05) is 12.7 Å². The molecule has 1 aliphatic carbocycles. The summed E-state index contributed by atoms with van der Waals surface area (Å²) in [5.74, 6) is 1.35. The number of ether oxygens (including phenoxy) is 1. The number of carbonyl (C=O) groups excluding carboxylic acids is 1. The number of hydrogen-bond donors (Lipinski definition) is 1. The number of rotatable bonds is 10. The molecule has 1 aromatic carbocycles. The number of benzene rings is 1. The van der Waals surface area contributed by atoms with Gasteiger partial charge in [0.05, 0.1) is 12.2 Å². The third-order valence-corrected chi connectivity index (χ3v) is 5.40. The number of nitrogens with zero attached hydrogens (tertiary/aromatic N) is 2. The van der Waals surface area contributed by atoms with Crippen molar-refractivity contribution in [2.45, 2.75) is 51.7 Å².